The molecule has 1 atom stereocenters. The molecule has 6 heteroatoms. The number of rotatable bonds is 6. The second-order valence-corrected chi connectivity index (χ2v) is 5.24. The van der Waals surface area contributed by atoms with Gasteiger partial charge in [-0.2, -0.15) is 0 Å². The van der Waals surface area contributed by atoms with Gasteiger partial charge >= 0.3 is 0 Å². The second kappa shape index (κ2) is 6.99. The topological polar surface area (TPSA) is 90.9 Å². The molecule has 21 heavy (non-hydrogen) atoms. The average molecular weight is 288 g/mol. The van der Waals surface area contributed by atoms with Crippen LogP contribution in [0.4, 0.5) is 0 Å². The molecule has 2 rings (SSSR count). The number of aromatic nitrogens is 3. The fourth-order valence-corrected chi connectivity index (χ4v) is 1.94. The van der Waals surface area contributed by atoms with Crippen molar-refractivity contribution in [2.75, 3.05) is 6.61 Å². The van der Waals surface area contributed by atoms with Crippen molar-refractivity contribution in [1.82, 2.24) is 20.5 Å². The minimum atomic E-state index is -0.381. The Bertz CT molecular complexity index is 580. The SMILES string of the molecule is CC(C)c1nc(C(=O)N[C@H](CO)Cc2ccccc2)n[nH]1. The minimum absolute atomic E-state index is 0.102. The number of hydrogen-bond acceptors (Lipinski definition) is 4. The van der Waals surface area contributed by atoms with E-state index in [4.69, 9.17) is 0 Å². The quantitative estimate of drug-likeness (QED) is 0.746. The Hall–Kier alpha value is -2.21. The fraction of sp³-hybridized carbons (Fsp3) is 0.400. The van der Waals surface area contributed by atoms with Crippen molar-refractivity contribution in [2.45, 2.75) is 32.2 Å². The zero-order valence-corrected chi connectivity index (χ0v) is 12.2. The molecule has 1 aromatic heterocycles. The molecule has 0 spiro atoms. The third kappa shape index (κ3) is 4.13. The third-order valence-corrected chi connectivity index (χ3v) is 3.13. The number of aliphatic hydroxyl groups is 1. The van der Waals surface area contributed by atoms with Crippen LogP contribution < -0.4 is 5.32 Å². The lowest BCUT2D eigenvalue weighted by Crippen LogP contribution is -2.39. The molecule has 6 nitrogen and oxygen atoms in total. The Labute approximate surface area is 123 Å². The van der Waals surface area contributed by atoms with Crippen LogP contribution >= 0.6 is 0 Å². The first-order valence-electron chi connectivity index (χ1n) is 6.98. The minimum Gasteiger partial charge on any atom is -0.394 e. The van der Waals surface area contributed by atoms with E-state index < -0.39 is 0 Å². The molecule has 3 N–H and O–H groups in total. The molecule has 0 unspecified atom stereocenters. The van der Waals surface area contributed by atoms with E-state index in [1.807, 2.05) is 44.2 Å². The summed E-state index contributed by atoms with van der Waals surface area (Å²) in [5, 5.41) is 18.8. The maximum absolute atomic E-state index is 12.1. The van der Waals surface area contributed by atoms with Crippen LogP contribution in [-0.4, -0.2) is 38.8 Å². The molecule has 0 aliphatic carbocycles. The Morgan fingerprint density at radius 1 is 1.33 bits per heavy atom. The molecular formula is C15H20N4O2. The molecule has 0 aliphatic heterocycles. The van der Waals surface area contributed by atoms with Crippen LogP contribution in [0.3, 0.4) is 0 Å². The largest absolute Gasteiger partial charge is 0.394 e. The van der Waals surface area contributed by atoms with Crippen LogP contribution in [0.1, 0.15) is 41.8 Å². The summed E-state index contributed by atoms with van der Waals surface area (Å²) in [6.07, 6.45) is 0.560. The third-order valence-electron chi connectivity index (χ3n) is 3.13. The van der Waals surface area contributed by atoms with E-state index in [-0.39, 0.29) is 30.3 Å². The van der Waals surface area contributed by atoms with Crippen LogP contribution in [0, 0.1) is 0 Å². The zero-order valence-electron chi connectivity index (χ0n) is 12.2. The van der Waals surface area contributed by atoms with Crippen molar-refractivity contribution in [1.29, 1.82) is 0 Å². The molecule has 0 fully saturated rings. The molecule has 2 aromatic rings. The summed E-state index contributed by atoms with van der Waals surface area (Å²) in [4.78, 5) is 16.2. The molecular weight excluding hydrogens is 268 g/mol. The van der Waals surface area contributed by atoms with Gasteiger partial charge in [0.2, 0.25) is 5.82 Å². The number of aromatic amines is 1. The summed E-state index contributed by atoms with van der Waals surface area (Å²) >= 11 is 0. The van der Waals surface area contributed by atoms with Gasteiger partial charge in [0.25, 0.3) is 5.91 Å². The van der Waals surface area contributed by atoms with Crippen molar-refractivity contribution in [3.05, 3.63) is 47.5 Å². The van der Waals surface area contributed by atoms with Crippen molar-refractivity contribution in [3.63, 3.8) is 0 Å². The number of H-pyrrole nitrogens is 1. The summed E-state index contributed by atoms with van der Waals surface area (Å²) in [6.45, 7) is 3.80. The van der Waals surface area contributed by atoms with E-state index in [2.05, 4.69) is 20.5 Å². The van der Waals surface area contributed by atoms with Gasteiger partial charge in [0.05, 0.1) is 12.6 Å². The molecule has 0 radical (unpaired) electrons. The van der Waals surface area contributed by atoms with Gasteiger partial charge in [0, 0.05) is 5.92 Å². The zero-order chi connectivity index (χ0) is 15.2. The molecule has 1 aromatic carbocycles. The first-order chi connectivity index (χ1) is 10.1. The molecule has 1 heterocycles. The van der Waals surface area contributed by atoms with E-state index in [0.717, 1.165) is 5.56 Å². The fourth-order valence-electron chi connectivity index (χ4n) is 1.94. The van der Waals surface area contributed by atoms with Gasteiger partial charge in [-0.1, -0.05) is 44.2 Å². The van der Waals surface area contributed by atoms with Crippen LogP contribution in [-0.2, 0) is 6.42 Å². The first kappa shape index (κ1) is 15.2. The summed E-state index contributed by atoms with van der Waals surface area (Å²) in [7, 11) is 0. The van der Waals surface area contributed by atoms with Crippen molar-refractivity contribution >= 4 is 5.91 Å². The highest BCUT2D eigenvalue weighted by atomic mass is 16.3. The lowest BCUT2D eigenvalue weighted by Gasteiger charge is -2.15. The van der Waals surface area contributed by atoms with E-state index in [0.29, 0.717) is 12.2 Å². The highest BCUT2D eigenvalue weighted by Crippen LogP contribution is 2.08. The molecule has 0 saturated heterocycles. The van der Waals surface area contributed by atoms with Gasteiger partial charge < -0.3 is 10.4 Å². The van der Waals surface area contributed by atoms with Gasteiger partial charge in [0.15, 0.2) is 0 Å². The van der Waals surface area contributed by atoms with Gasteiger partial charge in [-0.25, -0.2) is 4.98 Å². The smallest absolute Gasteiger partial charge is 0.291 e. The molecule has 0 aliphatic rings. The maximum Gasteiger partial charge on any atom is 0.291 e. The molecule has 112 valence electrons. The average Bonchev–Trinajstić information content (AvgIpc) is 2.97. The number of aliphatic hydroxyl groups excluding tert-OH is 1. The van der Waals surface area contributed by atoms with Crippen LogP contribution in [0.25, 0.3) is 0 Å². The summed E-state index contributed by atoms with van der Waals surface area (Å²) < 4.78 is 0. The summed E-state index contributed by atoms with van der Waals surface area (Å²) in [5.41, 5.74) is 1.05. The normalized spacial score (nSPS) is 12.4. The predicted octanol–water partition coefficient (Wildman–Crippen LogP) is 1.26. The standard InChI is InChI=1S/C15H20N4O2/c1-10(2)13-17-14(19-18-13)15(21)16-12(9-20)8-11-6-4-3-5-7-11/h3-7,10,12,20H,8-9H2,1-2H3,(H,16,21)(H,17,18,19)/t12-/m0/s1. The van der Waals surface area contributed by atoms with E-state index >= 15 is 0 Å². The van der Waals surface area contributed by atoms with Crippen LogP contribution in [0.5, 0.6) is 0 Å². The van der Waals surface area contributed by atoms with Gasteiger partial charge in [0.1, 0.15) is 5.82 Å². The number of nitrogens with one attached hydrogen (secondary N) is 2. The summed E-state index contributed by atoms with van der Waals surface area (Å²) in [5.74, 6) is 0.569. The van der Waals surface area contributed by atoms with Crippen molar-refractivity contribution < 1.29 is 9.90 Å². The Balaban J connectivity index is 1.99. The van der Waals surface area contributed by atoms with Gasteiger partial charge in [-0.15, -0.1) is 5.10 Å². The first-order valence-corrected chi connectivity index (χ1v) is 6.98. The van der Waals surface area contributed by atoms with Gasteiger partial charge in [-0.3, -0.25) is 9.89 Å². The Kier molecular flexibility index (Phi) is 5.05. The Morgan fingerprint density at radius 2 is 2.05 bits per heavy atom. The highest BCUT2D eigenvalue weighted by Gasteiger charge is 2.18. The number of hydrogen-bond donors (Lipinski definition) is 3. The lowest BCUT2D eigenvalue weighted by atomic mass is 10.1. The van der Waals surface area contributed by atoms with Crippen LogP contribution in [0.15, 0.2) is 30.3 Å². The number of carbonyl (C=O) groups excluding carboxylic acids is 1. The van der Waals surface area contributed by atoms with Gasteiger partial charge in [-0.05, 0) is 12.0 Å². The lowest BCUT2D eigenvalue weighted by molar-refractivity contribution is 0.0906. The summed E-state index contributed by atoms with van der Waals surface area (Å²) in [6, 6.07) is 9.33. The van der Waals surface area contributed by atoms with E-state index in [9.17, 15) is 9.90 Å². The number of carbonyl (C=O) groups is 1. The maximum atomic E-state index is 12.1. The molecule has 0 bridgehead atoms. The van der Waals surface area contributed by atoms with E-state index in [1.54, 1.807) is 0 Å². The molecule has 0 saturated carbocycles. The second-order valence-electron chi connectivity index (χ2n) is 5.24. The van der Waals surface area contributed by atoms with Crippen LogP contribution in [0.2, 0.25) is 0 Å². The number of amides is 1. The Morgan fingerprint density at radius 3 is 2.62 bits per heavy atom. The predicted molar refractivity (Wildman–Crippen MR) is 79.0 cm³/mol. The van der Waals surface area contributed by atoms with E-state index in [1.165, 1.54) is 0 Å². The van der Waals surface area contributed by atoms with Crippen molar-refractivity contribution in [3.8, 4) is 0 Å². The highest BCUT2D eigenvalue weighted by molar-refractivity contribution is 5.90. The monoisotopic (exact) mass is 288 g/mol. The van der Waals surface area contributed by atoms with Crippen molar-refractivity contribution in [2.24, 2.45) is 0 Å². The number of nitrogens with zero attached hydrogens (tertiary/aromatic N) is 2. The molecule has 1 amide bonds. The number of benzene rings is 1.